The summed E-state index contributed by atoms with van der Waals surface area (Å²) in [7, 11) is -6.93. The first kappa shape index (κ1) is 29.9. The Bertz CT molecular complexity index is 2400. The van der Waals surface area contributed by atoms with Gasteiger partial charge in [0.2, 0.25) is 0 Å². The summed E-state index contributed by atoms with van der Waals surface area (Å²) in [5.74, 6) is 0. The smallest absolute Gasteiger partial charge is 0.175 e. The third-order valence-corrected chi connectivity index (χ3v) is 16.1. The first-order chi connectivity index (χ1) is 23.9. The van der Waals surface area contributed by atoms with Gasteiger partial charge in [-0.25, -0.2) is 0 Å². The largest absolute Gasteiger partial charge is 0.308 e. The summed E-state index contributed by atoms with van der Waals surface area (Å²) in [5.41, 5.74) is 8.68. The molecule has 0 radical (unpaired) electrons. The van der Waals surface area contributed by atoms with Gasteiger partial charge in [-0.3, -0.25) is 0 Å². The van der Waals surface area contributed by atoms with Crippen LogP contribution in [0, 0.1) is 13.8 Å². The molecule has 49 heavy (non-hydrogen) atoms. The highest BCUT2D eigenvalue weighted by molar-refractivity contribution is 7.88. The molecule has 2 atom stereocenters. The Morgan fingerprint density at radius 3 is 1.31 bits per heavy atom. The van der Waals surface area contributed by atoms with E-state index in [1.807, 2.05) is 78.9 Å². The van der Waals surface area contributed by atoms with Gasteiger partial charge < -0.3 is 14.0 Å². The molecule has 0 amide bonds. The molecule has 0 aromatic heterocycles. The van der Waals surface area contributed by atoms with E-state index in [0.29, 0.717) is 0 Å². The van der Waals surface area contributed by atoms with Crippen LogP contribution in [0.4, 0.5) is 17.1 Å². The summed E-state index contributed by atoms with van der Waals surface area (Å²) >= 11 is 0. The molecule has 0 aliphatic carbocycles. The fourth-order valence-electron chi connectivity index (χ4n) is 7.60. The lowest BCUT2D eigenvalue weighted by Crippen LogP contribution is -2.46. The van der Waals surface area contributed by atoms with Crippen molar-refractivity contribution >= 4 is 63.2 Å². The Kier molecular flexibility index (Phi) is 6.82. The zero-order chi connectivity index (χ0) is 33.3. The van der Waals surface area contributed by atoms with Gasteiger partial charge in [-0.1, -0.05) is 132 Å². The van der Waals surface area contributed by atoms with Crippen molar-refractivity contribution in [2.45, 2.75) is 13.8 Å². The summed E-state index contributed by atoms with van der Waals surface area (Å²) < 4.78 is 32.7. The van der Waals surface area contributed by atoms with E-state index in [9.17, 15) is 0 Å². The van der Waals surface area contributed by atoms with Crippen molar-refractivity contribution in [1.29, 1.82) is 0 Å². The van der Waals surface area contributed by atoms with Crippen molar-refractivity contribution in [3.8, 4) is 22.3 Å². The van der Waals surface area contributed by atoms with Crippen LogP contribution in [-0.4, -0.2) is 0 Å². The molecule has 0 saturated carbocycles. The molecule has 0 N–H and O–H groups in total. The predicted molar refractivity (Wildman–Crippen MR) is 207 cm³/mol. The summed E-state index contributed by atoms with van der Waals surface area (Å²) in [4.78, 5) is 2.23. The number of fused-ring (bicyclic) bond motifs is 4. The molecule has 236 valence electrons. The third kappa shape index (κ3) is 4.43. The number of aryl methyl sites for hydroxylation is 2. The number of rotatable bonds is 4. The predicted octanol–water partition coefficient (Wildman–Crippen LogP) is 9.01. The number of nitrogens with zero attached hydrogens (tertiary/aromatic N) is 1. The van der Waals surface area contributed by atoms with Gasteiger partial charge in [-0.2, -0.15) is 0 Å². The molecule has 3 nitrogen and oxygen atoms in total. The zero-order valence-corrected chi connectivity index (χ0v) is 29.0. The molecule has 2 aliphatic heterocycles. The summed E-state index contributed by atoms with van der Waals surface area (Å²) in [6.45, 7) is 4.11. The van der Waals surface area contributed by atoms with Gasteiger partial charge in [-0.05, 0) is 78.6 Å². The van der Waals surface area contributed by atoms with E-state index < -0.39 is 14.3 Å². The Balaban J connectivity index is 1.45. The van der Waals surface area contributed by atoms with Crippen LogP contribution in [0.1, 0.15) is 11.1 Å². The zero-order valence-electron chi connectivity index (χ0n) is 27.2. The maximum atomic E-state index is 16.3. The van der Waals surface area contributed by atoms with E-state index in [2.05, 4.69) is 104 Å². The number of hydrogen-bond donors (Lipinski definition) is 0. The standard InChI is InChI=1S/C44H33NO2P2/c1-30-21-23-38-40(25-30)48(46,36-17-8-4-9-18-36)42-28-35(34-16-12-15-33(27-34)32-13-6-3-7-14-32)29-43-44(42)45(38)39-24-22-31(2)26-41(39)49(43,47)37-19-10-5-11-20-37/h3-29H,1-2H3. The Morgan fingerprint density at radius 2 is 0.816 bits per heavy atom. The minimum absolute atomic E-state index is 0.719. The van der Waals surface area contributed by atoms with Crippen LogP contribution in [0.3, 0.4) is 0 Å². The molecule has 0 spiro atoms. The molecular weight excluding hydrogens is 636 g/mol. The molecular formula is C44H33NO2P2. The third-order valence-electron chi connectivity index (χ3n) is 9.94. The van der Waals surface area contributed by atoms with Crippen LogP contribution in [0.15, 0.2) is 164 Å². The maximum absolute atomic E-state index is 16.3. The Labute approximate surface area is 287 Å². The Morgan fingerprint density at radius 1 is 0.388 bits per heavy atom. The van der Waals surface area contributed by atoms with Gasteiger partial charge in [0.15, 0.2) is 14.3 Å². The van der Waals surface area contributed by atoms with Crippen molar-refractivity contribution in [3.63, 3.8) is 0 Å². The van der Waals surface area contributed by atoms with Gasteiger partial charge in [0.05, 0.1) is 17.1 Å². The van der Waals surface area contributed by atoms with Crippen molar-refractivity contribution in [2.24, 2.45) is 0 Å². The lowest BCUT2D eigenvalue weighted by atomic mass is 9.98. The highest BCUT2D eigenvalue weighted by Crippen LogP contribution is 2.61. The second-order valence-electron chi connectivity index (χ2n) is 13.0. The molecule has 2 aliphatic rings. The molecule has 2 unspecified atom stereocenters. The number of benzene rings is 7. The van der Waals surface area contributed by atoms with E-state index >= 15 is 9.13 Å². The van der Waals surface area contributed by atoms with Crippen LogP contribution >= 0.6 is 14.3 Å². The second kappa shape index (κ2) is 11.2. The van der Waals surface area contributed by atoms with Crippen LogP contribution in [-0.2, 0) is 9.13 Å². The molecule has 5 heteroatoms. The van der Waals surface area contributed by atoms with Crippen molar-refractivity contribution in [3.05, 3.63) is 175 Å². The monoisotopic (exact) mass is 669 g/mol. The number of anilines is 3. The minimum atomic E-state index is -3.47. The van der Waals surface area contributed by atoms with Crippen LogP contribution in [0.2, 0.25) is 0 Å². The van der Waals surface area contributed by atoms with Gasteiger partial charge in [0, 0.05) is 31.8 Å². The molecule has 2 heterocycles. The van der Waals surface area contributed by atoms with Crippen LogP contribution < -0.4 is 36.7 Å². The lowest BCUT2D eigenvalue weighted by Gasteiger charge is -2.44. The molecule has 0 saturated heterocycles. The van der Waals surface area contributed by atoms with E-state index in [4.69, 9.17) is 0 Å². The molecule has 7 aromatic rings. The lowest BCUT2D eigenvalue weighted by molar-refractivity contribution is 0.592. The molecule has 7 aromatic carbocycles. The second-order valence-corrected chi connectivity index (χ2v) is 18.4. The SMILES string of the molecule is Cc1ccc2c(c1)P(=O)(c1ccccc1)c1cc(-c3cccc(-c4ccccc4)c3)cc3c1N2c1ccc(C)cc1P3(=O)c1ccccc1. The first-order valence-corrected chi connectivity index (χ1v) is 20.0. The van der Waals surface area contributed by atoms with Gasteiger partial charge >= 0.3 is 0 Å². The number of hydrogen-bond acceptors (Lipinski definition) is 3. The average molecular weight is 670 g/mol. The van der Waals surface area contributed by atoms with Crippen molar-refractivity contribution in [2.75, 3.05) is 4.90 Å². The molecule has 0 fully saturated rings. The molecule has 9 rings (SSSR count). The first-order valence-electron chi connectivity index (χ1n) is 16.6. The summed E-state index contributed by atoms with van der Waals surface area (Å²) in [5, 5.41) is 4.57. The minimum Gasteiger partial charge on any atom is -0.308 e. The van der Waals surface area contributed by atoms with Gasteiger partial charge in [0.1, 0.15) is 0 Å². The fourth-order valence-corrected chi connectivity index (χ4v) is 13.9. The highest BCUT2D eigenvalue weighted by atomic mass is 31.2. The molecule has 0 bridgehead atoms. The quantitative estimate of drug-likeness (QED) is 0.176. The van der Waals surface area contributed by atoms with Gasteiger partial charge in [-0.15, -0.1) is 0 Å². The van der Waals surface area contributed by atoms with Crippen molar-refractivity contribution in [1.82, 2.24) is 0 Å². The fraction of sp³-hybridized carbons (Fsp3) is 0.0455. The Hall–Kier alpha value is -5.20. The van der Waals surface area contributed by atoms with Crippen LogP contribution in [0.5, 0.6) is 0 Å². The van der Waals surface area contributed by atoms with Crippen molar-refractivity contribution < 1.29 is 9.13 Å². The van der Waals surface area contributed by atoms with Crippen LogP contribution in [0.25, 0.3) is 22.3 Å². The van der Waals surface area contributed by atoms with E-state index in [1.54, 1.807) is 0 Å². The van der Waals surface area contributed by atoms with Gasteiger partial charge in [0.25, 0.3) is 0 Å². The average Bonchev–Trinajstić information content (AvgIpc) is 3.15. The van der Waals surface area contributed by atoms with E-state index in [0.717, 1.165) is 82.3 Å². The highest BCUT2D eigenvalue weighted by Gasteiger charge is 2.50. The summed E-state index contributed by atoms with van der Waals surface area (Å²) in [6, 6.07) is 55.3. The summed E-state index contributed by atoms with van der Waals surface area (Å²) in [6.07, 6.45) is 0. The van der Waals surface area contributed by atoms with E-state index in [1.165, 1.54) is 0 Å². The maximum Gasteiger partial charge on any atom is 0.175 e. The van der Waals surface area contributed by atoms with E-state index in [-0.39, 0.29) is 0 Å². The normalized spacial score (nSPS) is 18.7. The topological polar surface area (TPSA) is 37.4 Å².